The van der Waals surface area contributed by atoms with Crippen LogP contribution in [0.5, 0.6) is 0 Å². The van der Waals surface area contributed by atoms with Crippen LogP contribution < -0.4 is 16.4 Å². The zero-order valence-electron chi connectivity index (χ0n) is 29.6. The molecule has 1 aliphatic carbocycles. The number of benzene rings is 2. The summed E-state index contributed by atoms with van der Waals surface area (Å²) in [6.07, 6.45) is 2.17. The van der Waals surface area contributed by atoms with Gasteiger partial charge < -0.3 is 44.8 Å². The average Bonchev–Trinajstić information content (AvgIpc) is 3.48. The molecule has 0 spiro atoms. The van der Waals surface area contributed by atoms with Crippen molar-refractivity contribution in [3.05, 3.63) is 85.0 Å². The number of carbonyl (C=O) groups is 6. The molecule has 0 heterocycles. The number of hydrogen-bond acceptors (Lipinski definition) is 13. The van der Waals surface area contributed by atoms with Gasteiger partial charge in [0.15, 0.2) is 0 Å². The van der Waals surface area contributed by atoms with Crippen molar-refractivity contribution in [2.45, 2.75) is 49.7 Å². The molecule has 2 amide bonds. The Bertz CT molecular complexity index is 1500. The Balaban J connectivity index is 0.000000565. The summed E-state index contributed by atoms with van der Waals surface area (Å²) in [7, 11) is 3.87. The van der Waals surface area contributed by atoms with Gasteiger partial charge in [0, 0.05) is 25.9 Å². The number of amides is 2. The molecule has 0 saturated carbocycles. The molecule has 15 heteroatoms. The third-order valence-electron chi connectivity index (χ3n) is 7.63. The lowest BCUT2D eigenvalue weighted by Crippen LogP contribution is -2.53. The molecule has 4 N–H and O–H groups in total. The van der Waals surface area contributed by atoms with Gasteiger partial charge in [-0.05, 0) is 35.1 Å². The Hall–Kier alpha value is -5.54. The van der Waals surface area contributed by atoms with Gasteiger partial charge in [-0.3, -0.25) is 19.2 Å². The molecular weight excluding hydrogens is 678 g/mol. The minimum atomic E-state index is -1.16. The van der Waals surface area contributed by atoms with Gasteiger partial charge in [0.05, 0.1) is 20.8 Å². The Morgan fingerprint density at radius 2 is 1.25 bits per heavy atom. The Labute approximate surface area is 302 Å². The maximum Gasteiger partial charge on any atom is 0.407 e. The second kappa shape index (κ2) is 23.0. The van der Waals surface area contributed by atoms with Crippen molar-refractivity contribution in [3.63, 3.8) is 0 Å². The number of methoxy groups -OCH3 is 3. The topological polar surface area (TPSA) is 208 Å². The van der Waals surface area contributed by atoms with E-state index < -0.39 is 54.0 Å². The van der Waals surface area contributed by atoms with Gasteiger partial charge in [-0.25, -0.2) is 9.59 Å². The molecule has 0 aromatic heterocycles. The van der Waals surface area contributed by atoms with Crippen molar-refractivity contribution in [1.82, 2.24) is 10.6 Å². The summed E-state index contributed by atoms with van der Waals surface area (Å²) in [6.45, 7) is 6.82. The van der Waals surface area contributed by atoms with Crippen molar-refractivity contribution >= 4 is 35.9 Å². The van der Waals surface area contributed by atoms with E-state index in [1.807, 2.05) is 48.5 Å². The van der Waals surface area contributed by atoms with E-state index >= 15 is 0 Å². The molecule has 52 heavy (non-hydrogen) atoms. The molecular formula is C37H47N3O12. The normalized spacial score (nSPS) is 12.8. The number of carbonyl (C=O) groups excluding carboxylic acids is 6. The summed E-state index contributed by atoms with van der Waals surface area (Å²) in [5.74, 6) is -3.08. The lowest BCUT2D eigenvalue weighted by molar-refractivity contribution is -0.148. The van der Waals surface area contributed by atoms with E-state index in [0.717, 1.165) is 22.3 Å². The predicted molar refractivity (Wildman–Crippen MR) is 189 cm³/mol. The van der Waals surface area contributed by atoms with Crippen LogP contribution in [0.15, 0.2) is 73.8 Å². The van der Waals surface area contributed by atoms with Gasteiger partial charge in [-0.1, -0.05) is 73.8 Å². The quantitative estimate of drug-likeness (QED) is 0.108. The Kier molecular flexibility index (Phi) is 18.9. The number of esters is 4. The molecule has 0 saturated heterocycles. The fourth-order valence-corrected chi connectivity index (χ4v) is 5.00. The third-order valence-corrected chi connectivity index (χ3v) is 7.63. The van der Waals surface area contributed by atoms with Crippen LogP contribution in [0.4, 0.5) is 4.79 Å². The smallest absolute Gasteiger partial charge is 0.407 e. The SMILES string of the molecule is C=CCOC(=O)C(CCC(=O)OC)NC(=O)C(COC)NC(=O)OCC1c2ccccc2-c2ccccc21.C=CCOC(=O)C(N)CCC(=O)OC. The molecule has 0 aliphatic heterocycles. The van der Waals surface area contributed by atoms with Crippen molar-refractivity contribution in [2.24, 2.45) is 5.73 Å². The van der Waals surface area contributed by atoms with Gasteiger partial charge in [0.25, 0.3) is 0 Å². The van der Waals surface area contributed by atoms with E-state index in [-0.39, 0.29) is 58.0 Å². The highest BCUT2D eigenvalue weighted by Crippen LogP contribution is 2.44. The molecule has 3 atom stereocenters. The van der Waals surface area contributed by atoms with Gasteiger partial charge >= 0.3 is 30.0 Å². The zero-order valence-corrected chi connectivity index (χ0v) is 29.6. The summed E-state index contributed by atoms with van der Waals surface area (Å²) < 4.78 is 29.3. The molecule has 2 aromatic carbocycles. The number of alkyl carbamates (subject to hydrolysis) is 1. The summed E-state index contributed by atoms with van der Waals surface area (Å²) in [6, 6.07) is 12.8. The van der Waals surface area contributed by atoms with Crippen molar-refractivity contribution in [1.29, 1.82) is 0 Å². The van der Waals surface area contributed by atoms with E-state index in [4.69, 9.17) is 19.9 Å². The third kappa shape index (κ3) is 13.6. The fraction of sp³-hybridized carbons (Fsp3) is 0.405. The van der Waals surface area contributed by atoms with Crippen LogP contribution in [0.2, 0.25) is 0 Å². The fourth-order valence-electron chi connectivity index (χ4n) is 5.00. The van der Waals surface area contributed by atoms with Crippen LogP contribution >= 0.6 is 0 Å². The first-order valence-corrected chi connectivity index (χ1v) is 16.4. The van der Waals surface area contributed by atoms with Gasteiger partial charge in [0.1, 0.15) is 37.9 Å². The van der Waals surface area contributed by atoms with Crippen LogP contribution in [0, 0.1) is 0 Å². The minimum Gasteiger partial charge on any atom is -0.469 e. The number of fused-ring (bicyclic) bond motifs is 3. The summed E-state index contributed by atoms with van der Waals surface area (Å²) in [4.78, 5) is 71.4. The zero-order chi connectivity index (χ0) is 38.5. The lowest BCUT2D eigenvalue weighted by Gasteiger charge is -2.22. The van der Waals surface area contributed by atoms with Crippen LogP contribution in [0.25, 0.3) is 11.1 Å². The molecule has 0 radical (unpaired) electrons. The molecule has 3 rings (SSSR count). The number of nitrogens with one attached hydrogen (secondary N) is 2. The van der Waals surface area contributed by atoms with Gasteiger partial charge in [-0.2, -0.15) is 0 Å². The van der Waals surface area contributed by atoms with Crippen LogP contribution in [0.3, 0.4) is 0 Å². The standard InChI is InChI=1S/C28H32N2O8.C9H15NO4/c1-4-15-37-27(33)23(13-14-25(31)36-3)29-26(32)24(17-35-2)30-28(34)38-16-22-20-11-7-5-9-18(20)19-10-6-8-12-21(19)22;1-3-6-14-9(12)7(10)4-5-8(11)13-2/h4-12,22-24H,1,13-17H2,2-3H3,(H,29,32)(H,30,34);3,7H,1,4-6,10H2,2H3. The average molecular weight is 726 g/mol. The number of nitrogens with two attached hydrogens (primary N) is 1. The predicted octanol–water partition coefficient (Wildman–Crippen LogP) is 2.70. The molecule has 0 fully saturated rings. The first-order valence-electron chi connectivity index (χ1n) is 16.4. The number of ether oxygens (including phenoxy) is 6. The summed E-state index contributed by atoms with van der Waals surface area (Å²) in [5, 5.41) is 5.01. The van der Waals surface area contributed by atoms with Crippen molar-refractivity contribution < 1.29 is 57.2 Å². The molecule has 2 aromatic rings. The largest absolute Gasteiger partial charge is 0.469 e. The molecule has 0 bridgehead atoms. The van der Waals surface area contributed by atoms with Crippen LogP contribution in [0.1, 0.15) is 42.7 Å². The first kappa shape index (κ1) is 42.6. The highest BCUT2D eigenvalue weighted by atomic mass is 16.6. The second-order valence-electron chi connectivity index (χ2n) is 11.2. The van der Waals surface area contributed by atoms with E-state index in [9.17, 15) is 28.8 Å². The lowest BCUT2D eigenvalue weighted by atomic mass is 9.98. The Morgan fingerprint density at radius 1 is 0.731 bits per heavy atom. The highest BCUT2D eigenvalue weighted by Gasteiger charge is 2.31. The molecule has 1 aliphatic rings. The van der Waals surface area contributed by atoms with Crippen molar-refractivity contribution in [2.75, 3.05) is 47.8 Å². The highest BCUT2D eigenvalue weighted by molar-refractivity contribution is 5.90. The van der Waals surface area contributed by atoms with Gasteiger partial charge in [-0.15, -0.1) is 0 Å². The molecule has 3 unspecified atom stereocenters. The number of hydrogen-bond donors (Lipinski definition) is 3. The van der Waals surface area contributed by atoms with E-state index in [1.54, 1.807) is 0 Å². The monoisotopic (exact) mass is 725 g/mol. The second-order valence-corrected chi connectivity index (χ2v) is 11.2. The molecule has 15 nitrogen and oxygen atoms in total. The van der Waals surface area contributed by atoms with Gasteiger partial charge in [0.2, 0.25) is 5.91 Å². The van der Waals surface area contributed by atoms with Crippen molar-refractivity contribution in [3.8, 4) is 11.1 Å². The number of rotatable bonds is 19. The first-order chi connectivity index (χ1) is 25.0. The molecule has 282 valence electrons. The minimum absolute atomic E-state index is 0.0565. The van der Waals surface area contributed by atoms with E-state index in [0.29, 0.717) is 0 Å². The van der Waals surface area contributed by atoms with E-state index in [2.05, 4.69) is 38.0 Å². The van der Waals surface area contributed by atoms with Crippen LogP contribution in [-0.4, -0.2) is 102 Å². The maximum atomic E-state index is 13.0. The summed E-state index contributed by atoms with van der Waals surface area (Å²) in [5.41, 5.74) is 9.74. The maximum absolute atomic E-state index is 13.0. The summed E-state index contributed by atoms with van der Waals surface area (Å²) >= 11 is 0. The van der Waals surface area contributed by atoms with E-state index in [1.165, 1.54) is 33.5 Å². The Morgan fingerprint density at radius 3 is 1.77 bits per heavy atom. The van der Waals surface area contributed by atoms with Crippen LogP contribution in [-0.2, 0) is 52.4 Å².